The zero-order valence-corrected chi connectivity index (χ0v) is 11.0. The summed E-state index contributed by atoms with van der Waals surface area (Å²) in [5.41, 5.74) is -0.820. The number of benzene rings is 1. The van der Waals surface area contributed by atoms with Crippen molar-refractivity contribution in [2.75, 3.05) is 0 Å². The summed E-state index contributed by atoms with van der Waals surface area (Å²) in [4.78, 5) is 10.8. The van der Waals surface area contributed by atoms with Crippen molar-refractivity contribution in [3.63, 3.8) is 0 Å². The van der Waals surface area contributed by atoms with Crippen LogP contribution in [0.15, 0.2) is 18.2 Å². The Balaban J connectivity index is 2.76. The maximum absolute atomic E-state index is 13.0. The van der Waals surface area contributed by atoms with Crippen LogP contribution in [-0.4, -0.2) is 21.8 Å². The van der Waals surface area contributed by atoms with Crippen molar-refractivity contribution in [1.82, 2.24) is 0 Å². The van der Waals surface area contributed by atoms with Gasteiger partial charge in [0.05, 0.1) is 12.0 Å². The molecule has 0 saturated carbocycles. The van der Waals surface area contributed by atoms with Gasteiger partial charge in [0.15, 0.2) is 11.6 Å². The van der Waals surface area contributed by atoms with Crippen molar-refractivity contribution >= 4 is 5.97 Å². The Labute approximate surface area is 110 Å². The first-order valence-electron chi connectivity index (χ1n) is 6.12. The van der Waals surface area contributed by atoms with Crippen LogP contribution >= 0.6 is 0 Å². The molecule has 0 fully saturated rings. The highest BCUT2D eigenvalue weighted by molar-refractivity contribution is 5.68. The molecule has 1 rings (SSSR count). The fourth-order valence-corrected chi connectivity index (χ4v) is 1.90. The van der Waals surface area contributed by atoms with Crippen LogP contribution in [0.25, 0.3) is 0 Å². The molecule has 3 nitrogen and oxygen atoms in total. The summed E-state index contributed by atoms with van der Waals surface area (Å²) in [6, 6.07) is 3.52. The summed E-state index contributed by atoms with van der Waals surface area (Å²) in [7, 11) is 0. The van der Waals surface area contributed by atoms with Crippen LogP contribution in [0.3, 0.4) is 0 Å². The smallest absolute Gasteiger partial charge is 0.306 e. The van der Waals surface area contributed by atoms with Crippen LogP contribution in [0.4, 0.5) is 8.78 Å². The summed E-state index contributed by atoms with van der Waals surface area (Å²) < 4.78 is 25.8. The topological polar surface area (TPSA) is 57.5 Å². The molecular formula is C14H18F2O3. The van der Waals surface area contributed by atoms with E-state index in [1.165, 1.54) is 6.07 Å². The normalized spacial score (nSPS) is 14.4. The number of halogens is 2. The Morgan fingerprint density at radius 1 is 1.32 bits per heavy atom. The predicted octanol–water partition coefficient (Wildman–Crippen LogP) is 2.76. The van der Waals surface area contributed by atoms with E-state index in [1.54, 1.807) is 13.8 Å². The minimum atomic E-state index is -1.35. The van der Waals surface area contributed by atoms with Gasteiger partial charge < -0.3 is 10.2 Å². The summed E-state index contributed by atoms with van der Waals surface area (Å²) in [5.74, 6) is -3.19. The molecule has 0 radical (unpaired) electrons. The van der Waals surface area contributed by atoms with Crippen LogP contribution in [0.5, 0.6) is 0 Å². The molecule has 0 unspecified atom stereocenters. The Morgan fingerprint density at radius 2 is 1.95 bits per heavy atom. The van der Waals surface area contributed by atoms with Gasteiger partial charge in [-0.15, -0.1) is 0 Å². The van der Waals surface area contributed by atoms with E-state index in [0.29, 0.717) is 12.0 Å². The van der Waals surface area contributed by atoms with E-state index in [1.807, 2.05) is 0 Å². The fourth-order valence-electron chi connectivity index (χ4n) is 1.90. The van der Waals surface area contributed by atoms with Crippen molar-refractivity contribution < 1.29 is 23.8 Å². The van der Waals surface area contributed by atoms with Gasteiger partial charge in [-0.1, -0.05) is 19.9 Å². The average Bonchev–Trinajstić information content (AvgIpc) is 2.29. The molecule has 0 amide bonds. The third-order valence-electron chi connectivity index (χ3n) is 3.36. The van der Waals surface area contributed by atoms with Gasteiger partial charge in [-0.05, 0) is 36.5 Å². The first kappa shape index (κ1) is 15.6. The Hall–Kier alpha value is -1.49. The quantitative estimate of drug-likeness (QED) is 0.837. The molecule has 1 atom stereocenters. The molecule has 0 aliphatic carbocycles. The van der Waals surface area contributed by atoms with E-state index < -0.39 is 23.2 Å². The lowest BCUT2D eigenvalue weighted by molar-refractivity contribution is -0.145. The summed E-state index contributed by atoms with van der Waals surface area (Å²) in [5, 5.41) is 19.1. The monoisotopic (exact) mass is 272 g/mol. The number of aliphatic hydroxyl groups is 1. The second-order valence-corrected chi connectivity index (χ2v) is 5.08. The van der Waals surface area contributed by atoms with Crippen molar-refractivity contribution in [1.29, 1.82) is 0 Å². The molecule has 19 heavy (non-hydrogen) atoms. The molecule has 0 aliphatic rings. The van der Waals surface area contributed by atoms with Crippen LogP contribution in [0, 0.1) is 17.6 Å². The lowest BCUT2D eigenvalue weighted by Crippen LogP contribution is -2.38. The number of aryl methyl sites for hydroxylation is 1. The highest BCUT2D eigenvalue weighted by atomic mass is 19.2. The Bertz CT molecular complexity index is 460. The summed E-state index contributed by atoms with van der Waals surface area (Å²) >= 11 is 0. The largest absolute Gasteiger partial charge is 0.481 e. The molecule has 1 aromatic carbocycles. The van der Waals surface area contributed by atoms with E-state index >= 15 is 0 Å². The van der Waals surface area contributed by atoms with E-state index in [2.05, 4.69) is 0 Å². The molecule has 106 valence electrons. The molecule has 0 spiro atoms. The molecule has 1 aromatic rings. The fraction of sp³-hybridized carbons (Fsp3) is 0.500. The van der Waals surface area contributed by atoms with Crippen molar-refractivity contribution in [3.05, 3.63) is 35.4 Å². The molecule has 0 bridgehead atoms. The Morgan fingerprint density at radius 3 is 2.42 bits per heavy atom. The lowest BCUT2D eigenvalue weighted by Gasteiger charge is -2.30. The number of carboxylic acid groups (broad SMARTS) is 1. The lowest BCUT2D eigenvalue weighted by atomic mass is 9.82. The molecule has 0 aromatic heterocycles. The van der Waals surface area contributed by atoms with Gasteiger partial charge in [0.1, 0.15) is 0 Å². The SMILES string of the molecule is CC(C)[C@](O)(CCc1ccc(F)c(F)c1)CC(=O)O. The molecule has 0 saturated heterocycles. The van der Waals surface area contributed by atoms with Crippen molar-refractivity contribution in [2.45, 2.75) is 38.7 Å². The van der Waals surface area contributed by atoms with E-state index in [0.717, 1.165) is 12.1 Å². The highest BCUT2D eigenvalue weighted by Crippen LogP contribution is 2.27. The molecule has 2 N–H and O–H groups in total. The van der Waals surface area contributed by atoms with Gasteiger partial charge in [0.2, 0.25) is 0 Å². The maximum Gasteiger partial charge on any atom is 0.306 e. The van der Waals surface area contributed by atoms with Crippen molar-refractivity contribution in [2.24, 2.45) is 5.92 Å². The Kier molecular flexibility index (Phi) is 5.00. The number of aliphatic carboxylic acids is 1. The molecular weight excluding hydrogens is 254 g/mol. The molecule has 0 aliphatic heterocycles. The zero-order valence-electron chi connectivity index (χ0n) is 11.0. The maximum atomic E-state index is 13.0. The van der Waals surface area contributed by atoms with Gasteiger partial charge in [0.25, 0.3) is 0 Å². The summed E-state index contributed by atoms with van der Waals surface area (Å²) in [6.07, 6.45) is 0.107. The van der Waals surface area contributed by atoms with Gasteiger partial charge in [-0.2, -0.15) is 0 Å². The van der Waals surface area contributed by atoms with Crippen LogP contribution in [0.1, 0.15) is 32.3 Å². The second kappa shape index (κ2) is 6.10. The first-order chi connectivity index (χ1) is 8.74. The third kappa shape index (κ3) is 4.28. The number of carbonyl (C=O) groups is 1. The zero-order chi connectivity index (χ0) is 14.6. The van der Waals surface area contributed by atoms with Crippen LogP contribution < -0.4 is 0 Å². The second-order valence-electron chi connectivity index (χ2n) is 5.08. The van der Waals surface area contributed by atoms with E-state index in [4.69, 9.17) is 5.11 Å². The van der Waals surface area contributed by atoms with Gasteiger partial charge in [-0.3, -0.25) is 4.79 Å². The van der Waals surface area contributed by atoms with Gasteiger partial charge >= 0.3 is 5.97 Å². The molecule has 0 heterocycles. The number of carboxylic acids is 1. The summed E-state index contributed by atoms with van der Waals surface area (Å²) in [6.45, 7) is 3.46. The minimum absolute atomic E-state index is 0.183. The predicted molar refractivity (Wildman–Crippen MR) is 66.7 cm³/mol. The van der Waals surface area contributed by atoms with Crippen molar-refractivity contribution in [3.8, 4) is 0 Å². The van der Waals surface area contributed by atoms with Gasteiger partial charge in [-0.25, -0.2) is 8.78 Å². The number of rotatable bonds is 6. The minimum Gasteiger partial charge on any atom is -0.481 e. The van der Waals surface area contributed by atoms with E-state index in [9.17, 15) is 18.7 Å². The number of hydrogen-bond acceptors (Lipinski definition) is 2. The van der Waals surface area contributed by atoms with Crippen LogP contribution in [-0.2, 0) is 11.2 Å². The number of hydrogen-bond donors (Lipinski definition) is 2. The van der Waals surface area contributed by atoms with Gasteiger partial charge in [0, 0.05) is 0 Å². The highest BCUT2D eigenvalue weighted by Gasteiger charge is 2.33. The van der Waals surface area contributed by atoms with Crippen LogP contribution in [0.2, 0.25) is 0 Å². The van der Waals surface area contributed by atoms with E-state index in [-0.39, 0.29) is 18.8 Å². The first-order valence-corrected chi connectivity index (χ1v) is 6.12. The average molecular weight is 272 g/mol. The standard InChI is InChI=1S/C14H18F2O3/c1-9(2)14(19,8-13(17)18)6-5-10-3-4-11(15)12(16)7-10/h3-4,7,9,19H,5-6,8H2,1-2H3,(H,17,18)/t14-/m0/s1. The molecule has 5 heteroatoms. The third-order valence-corrected chi connectivity index (χ3v) is 3.36.